The van der Waals surface area contributed by atoms with Crippen molar-refractivity contribution >= 4 is 62.7 Å². The van der Waals surface area contributed by atoms with Crippen LogP contribution in [0.5, 0.6) is 0 Å². The lowest BCUT2D eigenvalue weighted by Crippen LogP contribution is -2.29. The monoisotopic (exact) mass is 557 g/mol. The van der Waals surface area contributed by atoms with Crippen molar-refractivity contribution in [3.8, 4) is 11.1 Å². The van der Waals surface area contributed by atoms with Crippen LogP contribution >= 0.6 is 23.1 Å². The second-order valence-electron chi connectivity index (χ2n) is 9.05. The number of amides is 2. The second kappa shape index (κ2) is 10.1. The highest BCUT2D eigenvalue weighted by Gasteiger charge is 2.36. The smallest absolute Gasteiger partial charge is 0.266 e. The Morgan fingerprint density at radius 3 is 2.23 bits per heavy atom. The first kappa shape index (κ1) is 24.3. The van der Waals surface area contributed by atoms with E-state index in [4.69, 9.17) is 4.42 Å². The number of nitrogens with zero attached hydrogens (tertiary/aromatic N) is 3. The lowest BCUT2D eigenvalue weighted by Gasteiger charge is -2.13. The van der Waals surface area contributed by atoms with Gasteiger partial charge in [0.25, 0.3) is 11.8 Å². The van der Waals surface area contributed by atoms with E-state index in [9.17, 15) is 9.59 Å². The van der Waals surface area contributed by atoms with Gasteiger partial charge in [-0.05, 0) is 77.5 Å². The topological polar surface area (TPSA) is 75.8 Å². The van der Waals surface area contributed by atoms with Gasteiger partial charge < -0.3 is 4.42 Å². The first-order valence-corrected chi connectivity index (χ1v) is 14.1. The summed E-state index contributed by atoms with van der Waals surface area (Å²) in [6.07, 6.45) is 1.70. The van der Waals surface area contributed by atoms with E-state index in [2.05, 4.69) is 34.2 Å². The molecule has 6 nitrogen and oxygen atoms in total. The Morgan fingerprint density at radius 1 is 0.775 bits per heavy atom. The molecule has 0 saturated heterocycles. The molecule has 192 valence electrons. The van der Waals surface area contributed by atoms with E-state index >= 15 is 0 Å². The Balaban J connectivity index is 1.05. The average Bonchev–Trinajstić information content (AvgIpc) is 3.68. The molecule has 0 aliphatic carbocycles. The predicted octanol–water partition coefficient (Wildman–Crippen LogP) is 8.26. The van der Waals surface area contributed by atoms with Gasteiger partial charge in [-0.1, -0.05) is 54.6 Å². The zero-order chi connectivity index (χ0) is 27.1. The van der Waals surface area contributed by atoms with Crippen LogP contribution in [0.15, 0.2) is 128 Å². The number of carbonyl (C=O) groups excluding carboxylic acids is 2. The molecule has 4 aromatic carbocycles. The van der Waals surface area contributed by atoms with Gasteiger partial charge in [0.2, 0.25) is 0 Å². The first-order valence-electron chi connectivity index (χ1n) is 12.5. The zero-order valence-electron chi connectivity index (χ0n) is 20.9. The maximum atomic E-state index is 12.9. The third-order valence-electron chi connectivity index (χ3n) is 6.51. The number of benzene rings is 4. The van der Waals surface area contributed by atoms with Crippen LogP contribution in [0.25, 0.3) is 21.3 Å². The van der Waals surface area contributed by atoms with E-state index < -0.39 is 0 Å². The molecule has 0 saturated carbocycles. The van der Waals surface area contributed by atoms with Gasteiger partial charge in [0.05, 0.1) is 38.9 Å². The van der Waals surface area contributed by atoms with Gasteiger partial charge in [0.1, 0.15) is 5.76 Å². The van der Waals surface area contributed by atoms with Gasteiger partial charge in [-0.15, -0.1) is 11.3 Å². The van der Waals surface area contributed by atoms with Crippen LogP contribution in [0.4, 0.5) is 11.4 Å². The molecule has 2 aromatic heterocycles. The molecule has 0 bridgehead atoms. The molecule has 8 heteroatoms. The fraction of sp³-hybridized carbons (Fsp3) is 0. The molecule has 40 heavy (non-hydrogen) atoms. The second-order valence-corrected chi connectivity index (χ2v) is 11.3. The number of imide groups is 1. The molecule has 0 N–H and O–H groups in total. The first-order chi connectivity index (χ1) is 19.6. The minimum absolute atomic E-state index is 0.309. The highest BCUT2D eigenvalue weighted by molar-refractivity contribution is 8.01. The average molecular weight is 558 g/mol. The van der Waals surface area contributed by atoms with Gasteiger partial charge in [-0.2, -0.15) is 0 Å². The summed E-state index contributed by atoms with van der Waals surface area (Å²) in [6, 6.07) is 34.4. The number of rotatable bonds is 6. The van der Waals surface area contributed by atoms with Gasteiger partial charge in [0.15, 0.2) is 9.43 Å². The molecular weight excluding hydrogens is 539 g/mol. The molecule has 1 aliphatic rings. The van der Waals surface area contributed by atoms with Crippen molar-refractivity contribution in [1.82, 2.24) is 4.98 Å². The predicted molar refractivity (Wildman–Crippen MR) is 159 cm³/mol. The molecular formula is C32H19N3O3S2. The Labute approximate surface area is 237 Å². The lowest BCUT2D eigenvalue weighted by molar-refractivity contribution is 0.0926. The third-order valence-corrected chi connectivity index (χ3v) is 8.51. The summed E-state index contributed by atoms with van der Waals surface area (Å²) in [4.78, 5) is 36.2. The summed E-state index contributed by atoms with van der Waals surface area (Å²) >= 11 is 2.90. The van der Waals surface area contributed by atoms with E-state index in [1.807, 2.05) is 54.6 Å². The standard InChI is InChI=1S/C32H19N3O3S2/c36-30-25-8-4-5-9-26(25)31(37)35(30)23-14-16-27-28(18-23)39-32(34-27)40-29-17-15-24(38-29)19-33-22-12-10-21(11-13-22)20-6-2-1-3-7-20/h1-19H. The third kappa shape index (κ3) is 4.53. The minimum Gasteiger partial charge on any atom is -0.448 e. The van der Waals surface area contributed by atoms with Gasteiger partial charge in [-0.3, -0.25) is 14.6 Å². The van der Waals surface area contributed by atoms with Crippen LogP contribution in [0.3, 0.4) is 0 Å². The number of aromatic nitrogens is 1. The number of hydrogen-bond donors (Lipinski definition) is 0. The molecule has 7 rings (SSSR count). The summed E-state index contributed by atoms with van der Waals surface area (Å²) < 4.78 is 7.62. The maximum absolute atomic E-state index is 12.9. The Hall–Kier alpha value is -4.79. The summed E-state index contributed by atoms with van der Waals surface area (Å²) in [6.45, 7) is 0. The highest BCUT2D eigenvalue weighted by atomic mass is 32.2. The Bertz CT molecular complexity index is 1890. The highest BCUT2D eigenvalue weighted by Crippen LogP contribution is 2.38. The van der Waals surface area contributed by atoms with Crippen LogP contribution < -0.4 is 4.90 Å². The number of carbonyl (C=O) groups is 2. The van der Waals surface area contributed by atoms with Gasteiger partial charge in [-0.25, -0.2) is 9.88 Å². The summed E-state index contributed by atoms with van der Waals surface area (Å²) in [5, 5.41) is 0.695. The number of hydrogen-bond acceptors (Lipinski definition) is 7. The van der Waals surface area contributed by atoms with Gasteiger partial charge >= 0.3 is 0 Å². The van der Waals surface area contributed by atoms with Crippen LogP contribution in [0, 0.1) is 0 Å². The number of fused-ring (bicyclic) bond motifs is 2. The summed E-state index contributed by atoms with van der Waals surface area (Å²) in [5.74, 6) is 0.0237. The van der Waals surface area contributed by atoms with Crippen LogP contribution in [0.1, 0.15) is 26.5 Å². The van der Waals surface area contributed by atoms with Crippen molar-refractivity contribution in [3.05, 3.63) is 126 Å². The molecule has 6 aromatic rings. The Morgan fingerprint density at radius 2 is 1.48 bits per heavy atom. The largest absolute Gasteiger partial charge is 0.448 e. The van der Waals surface area contributed by atoms with Crippen molar-refractivity contribution < 1.29 is 14.0 Å². The molecule has 0 unspecified atom stereocenters. The van der Waals surface area contributed by atoms with Crippen LogP contribution in [-0.4, -0.2) is 23.0 Å². The van der Waals surface area contributed by atoms with Crippen molar-refractivity contribution in [3.63, 3.8) is 0 Å². The van der Waals surface area contributed by atoms with Crippen molar-refractivity contribution in [2.45, 2.75) is 9.43 Å². The van der Waals surface area contributed by atoms with Crippen LogP contribution in [0.2, 0.25) is 0 Å². The van der Waals surface area contributed by atoms with Crippen molar-refractivity contribution in [2.24, 2.45) is 4.99 Å². The van der Waals surface area contributed by atoms with E-state index in [0.29, 0.717) is 27.7 Å². The minimum atomic E-state index is -0.309. The lowest BCUT2D eigenvalue weighted by atomic mass is 10.1. The molecule has 0 fully saturated rings. The quantitative estimate of drug-likeness (QED) is 0.152. The fourth-order valence-electron chi connectivity index (χ4n) is 4.55. The van der Waals surface area contributed by atoms with Crippen molar-refractivity contribution in [1.29, 1.82) is 0 Å². The molecule has 2 amide bonds. The molecule has 0 radical (unpaired) electrons. The fourth-order valence-corrected chi connectivity index (χ4v) is 6.55. The molecule has 3 heterocycles. The molecule has 0 atom stereocenters. The zero-order valence-corrected chi connectivity index (χ0v) is 22.5. The normalized spacial score (nSPS) is 13.1. The Kier molecular flexibility index (Phi) is 6.11. The SMILES string of the molecule is O=C1c2ccccc2C(=O)N1c1ccc2nc(Sc3ccc(C=Nc4ccc(-c5ccccc5)cc4)o3)sc2c1. The number of aliphatic imine (C=N–C) groups is 1. The van der Waals surface area contributed by atoms with E-state index in [1.54, 1.807) is 36.5 Å². The van der Waals surface area contributed by atoms with Crippen molar-refractivity contribution in [2.75, 3.05) is 4.90 Å². The van der Waals surface area contributed by atoms with E-state index in [1.165, 1.54) is 33.6 Å². The van der Waals surface area contributed by atoms with Gasteiger partial charge in [0, 0.05) is 0 Å². The molecule has 1 aliphatic heterocycles. The summed E-state index contributed by atoms with van der Waals surface area (Å²) in [5.41, 5.74) is 5.32. The maximum Gasteiger partial charge on any atom is 0.266 e. The van der Waals surface area contributed by atoms with Crippen LogP contribution in [-0.2, 0) is 0 Å². The number of anilines is 1. The number of furan rings is 1. The van der Waals surface area contributed by atoms with E-state index in [-0.39, 0.29) is 11.8 Å². The summed E-state index contributed by atoms with van der Waals surface area (Å²) in [7, 11) is 0. The van der Waals surface area contributed by atoms with E-state index in [0.717, 1.165) is 25.8 Å². The molecule has 0 spiro atoms. The number of thiazole rings is 1.